The van der Waals surface area contributed by atoms with Crippen LogP contribution in [0.3, 0.4) is 0 Å². The molecule has 0 amide bonds. The zero-order valence-corrected chi connectivity index (χ0v) is 14.2. The highest BCUT2D eigenvalue weighted by molar-refractivity contribution is 9.10. The molecule has 0 bridgehead atoms. The second-order valence-electron chi connectivity index (χ2n) is 4.50. The maximum absolute atomic E-state index is 6.01. The van der Waals surface area contributed by atoms with E-state index < -0.39 is 0 Å². The van der Waals surface area contributed by atoms with Gasteiger partial charge in [0.15, 0.2) is 0 Å². The molecule has 19 heavy (non-hydrogen) atoms. The van der Waals surface area contributed by atoms with E-state index in [1.165, 1.54) is 20.5 Å². The van der Waals surface area contributed by atoms with E-state index in [1.807, 2.05) is 6.07 Å². The second kappa shape index (κ2) is 6.89. The summed E-state index contributed by atoms with van der Waals surface area (Å²) in [6.45, 7) is 5.21. The van der Waals surface area contributed by atoms with Crippen LogP contribution in [0.5, 0.6) is 0 Å². The highest BCUT2D eigenvalue weighted by Gasteiger charge is 2.16. The van der Waals surface area contributed by atoms with E-state index in [1.54, 1.807) is 11.3 Å². The maximum Gasteiger partial charge on any atom is 0.0931 e. The fourth-order valence-electron chi connectivity index (χ4n) is 2.14. The Balaban J connectivity index is 2.26. The van der Waals surface area contributed by atoms with E-state index in [2.05, 4.69) is 59.4 Å². The van der Waals surface area contributed by atoms with Crippen LogP contribution in [0.4, 0.5) is 0 Å². The van der Waals surface area contributed by atoms with E-state index in [0.717, 1.165) is 17.3 Å². The van der Waals surface area contributed by atoms with Crippen molar-refractivity contribution in [1.29, 1.82) is 0 Å². The number of benzene rings is 1. The molecule has 2 aromatic rings. The fraction of sp³-hybridized carbons (Fsp3) is 0.333. The Hall–Kier alpha value is -0.350. The SMILES string of the molecule is CCNC(Cc1ccc(Cl)s1)c1cccc(C)c1Br. The first-order valence-electron chi connectivity index (χ1n) is 6.34. The molecule has 0 radical (unpaired) electrons. The summed E-state index contributed by atoms with van der Waals surface area (Å²) in [5, 5.41) is 3.56. The van der Waals surface area contributed by atoms with Crippen LogP contribution in [0.2, 0.25) is 4.34 Å². The lowest BCUT2D eigenvalue weighted by Crippen LogP contribution is -2.23. The Morgan fingerprint density at radius 2 is 2.11 bits per heavy atom. The Kier molecular flexibility index (Phi) is 5.46. The van der Waals surface area contributed by atoms with Gasteiger partial charge in [0.05, 0.1) is 4.34 Å². The molecule has 1 heterocycles. The number of aryl methyl sites for hydroxylation is 1. The predicted octanol–water partition coefficient (Wildman–Crippen LogP) is 5.37. The number of hydrogen-bond acceptors (Lipinski definition) is 2. The molecule has 1 nitrogen and oxygen atoms in total. The van der Waals surface area contributed by atoms with Crippen molar-refractivity contribution in [3.8, 4) is 0 Å². The quantitative estimate of drug-likeness (QED) is 0.758. The summed E-state index contributed by atoms with van der Waals surface area (Å²) in [5.74, 6) is 0. The van der Waals surface area contributed by atoms with Crippen molar-refractivity contribution in [2.75, 3.05) is 6.54 Å². The zero-order valence-electron chi connectivity index (χ0n) is 11.0. The number of likely N-dealkylation sites (N-methyl/N-ethyl adjacent to an activating group) is 1. The molecular formula is C15H17BrClNS. The monoisotopic (exact) mass is 357 g/mol. The molecule has 0 saturated carbocycles. The van der Waals surface area contributed by atoms with Crippen molar-refractivity contribution < 1.29 is 0 Å². The van der Waals surface area contributed by atoms with Gasteiger partial charge in [0, 0.05) is 21.8 Å². The van der Waals surface area contributed by atoms with Crippen LogP contribution in [0.1, 0.15) is 29.0 Å². The topological polar surface area (TPSA) is 12.0 Å². The van der Waals surface area contributed by atoms with Crippen molar-refractivity contribution in [1.82, 2.24) is 5.32 Å². The van der Waals surface area contributed by atoms with Gasteiger partial charge in [0.1, 0.15) is 0 Å². The molecule has 0 fully saturated rings. The lowest BCUT2D eigenvalue weighted by Gasteiger charge is -2.20. The number of thiophene rings is 1. The van der Waals surface area contributed by atoms with Gasteiger partial charge >= 0.3 is 0 Å². The minimum atomic E-state index is 0.314. The molecule has 102 valence electrons. The molecule has 1 aromatic heterocycles. The molecule has 4 heteroatoms. The highest BCUT2D eigenvalue weighted by Crippen LogP contribution is 2.31. The molecule has 1 N–H and O–H groups in total. The van der Waals surface area contributed by atoms with Gasteiger partial charge < -0.3 is 5.32 Å². The number of nitrogens with one attached hydrogen (secondary N) is 1. The molecule has 1 aromatic carbocycles. The Morgan fingerprint density at radius 1 is 1.32 bits per heavy atom. The molecule has 0 aliphatic heterocycles. The van der Waals surface area contributed by atoms with Crippen LogP contribution in [-0.4, -0.2) is 6.54 Å². The molecule has 0 aliphatic rings. The van der Waals surface area contributed by atoms with Crippen LogP contribution < -0.4 is 5.32 Å². The van der Waals surface area contributed by atoms with Gasteiger partial charge in [0.2, 0.25) is 0 Å². The summed E-state index contributed by atoms with van der Waals surface area (Å²) < 4.78 is 2.05. The van der Waals surface area contributed by atoms with Gasteiger partial charge in [-0.3, -0.25) is 0 Å². The lowest BCUT2D eigenvalue weighted by atomic mass is 10.0. The van der Waals surface area contributed by atoms with E-state index in [0.29, 0.717) is 6.04 Å². The third kappa shape index (κ3) is 3.82. The van der Waals surface area contributed by atoms with Crippen molar-refractivity contribution in [2.45, 2.75) is 26.3 Å². The summed E-state index contributed by atoms with van der Waals surface area (Å²) >= 11 is 11.4. The van der Waals surface area contributed by atoms with Gasteiger partial charge in [-0.2, -0.15) is 0 Å². The molecule has 1 unspecified atom stereocenters. The van der Waals surface area contributed by atoms with Crippen molar-refractivity contribution in [3.63, 3.8) is 0 Å². The summed E-state index contributed by atoms with van der Waals surface area (Å²) in [4.78, 5) is 1.31. The van der Waals surface area contributed by atoms with Gasteiger partial charge in [0.25, 0.3) is 0 Å². The van der Waals surface area contributed by atoms with Crippen LogP contribution in [0.15, 0.2) is 34.8 Å². The van der Waals surface area contributed by atoms with Crippen molar-refractivity contribution in [2.24, 2.45) is 0 Å². The van der Waals surface area contributed by atoms with Crippen LogP contribution in [0.25, 0.3) is 0 Å². The van der Waals surface area contributed by atoms with Crippen molar-refractivity contribution >= 4 is 38.9 Å². The first kappa shape index (κ1) is 15.0. The third-order valence-corrected chi connectivity index (χ3v) is 5.42. The smallest absolute Gasteiger partial charge is 0.0931 e. The Bertz CT molecular complexity index is 553. The molecule has 0 spiro atoms. The Labute approximate surface area is 132 Å². The van der Waals surface area contributed by atoms with E-state index in [-0.39, 0.29) is 0 Å². The van der Waals surface area contributed by atoms with Gasteiger partial charge in [-0.15, -0.1) is 11.3 Å². The standard InChI is InChI=1S/C15H17BrClNS/c1-3-18-13(9-11-7-8-14(17)19-11)12-6-4-5-10(2)15(12)16/h4-8,13,18H,3,9H2,1-2H3. The minimum Gasteiger partial charge on any atom is -0.310 e. The maximum atomic E-state index is 6.01. The average Bonchev–Trinajstić information content (AvgIpc) is 2.78. The van der Waals surface area contributed by atoms with E-state index >= 15 is 0 Å². The second-order valence-corrected chi connectivity index (χ2v) is 7.09. The summed E-state index contributed by atoms with van der Waals surface area (Å²) in [6, 6.07) is 10.8. The molecule has 0 aliphatic carbocycles. The number of rotatable bonds is 5. The summed E-state index contributed by atoms with van der Waals surface area (Å²) in [6.07, 6.45) is 0.966. The van der Waals surface area contributed by atoms with Crippen LogP contribution >= 0.6 is 38.9 Å². The summed E-state index contributed by atoms with van der Waals surface area (Å²) in [5.41, 5.74) is 2.58. The van der Waals surface area contributed by atoms with Crippen LogP contribution in [0, 0.1) is 6.92 Å². The normalized spacial score (nSPS) is 12.6. The number of hydrogen-bond donors (Lipinski definition) is 1. The number of halogens is 2. The molecule has 2 rings (SSSR count). The first-order valence-corrected chi connectivity index (χ1v) is 8.33. The first-order chi connectivity index (χ1) is 9.11. The minimum absolute atomic E-state index is 0.314. The highest BCUT2D eigenvalue weighted by atomic mass is 79.9. The summed E-state index contributed by atoms with van der Waals surface area (Å²) in [7, 11) is 0. The molecular weight excluding hydrogens is 342 g/mol. The molecule has 1 atom stereocenters. The third-order valence-electron chi connectivity index (χ3n) is 3.08. The van der Waals surface area contributed by atoms with E-state index in [9.17, 15) is 0 Å². The fourth-order valence-corrected chi connectivity index (χ4v) is 3.81. The molecule has 0 saturated heterocycles. The van der Waals surface area contributed by atoms with Crippen LogP contribution in [-0.2, 0) is 6.42 Å². The van der Waals surface area contributed by atoms with Gasteiger partial charge in [-0.05, 0) is 36.7 Å². The largest absolute Gasteiger partial charge is 0.310 e. The predicted molar refractivity (Wildman–Crippen MR) is 88.3 cm³/mol. The van der Waals surface area contributed by atoms with E-state index in [4.69, 9.17) is 11.6 Å². The zero-order chi connectivity index (χ0) is 13.8. The van der Waals surface area contributed by atoms with Gasteiger partial charge in [-0.1, -0.05) is 52.7 Å². The lowest BCUT2D eigenvalue weighted by molar-refractivity contribution is 0.551. The average molecular weight is 359 g/mol. The van der Waals surface area contributed by atoms with Gasteiger partial charge in [-0.25, -0.2) is 0 Å². The Morgan fingerprint density at radius 3 is 2.74 bits per heavy atom. The van der Waals surface area contributed by atoms with Crippen molar-refractivity contribution in [3.05, 3.63) is 55.1 Å².